The van der Waals surface area contributed by atoms with E-state index in [-0.39, 0.29) is 12.0 Å². The predicted molar refractivity (Wildman–Crippen MR) is 78.3 cm³/mol. The van der Waals surface area contributed by atoms with Gasteiger partial charge in [0.1, 0.15) is 12.1 Å². The fourth-order valence-electron chi connectivity index (χ4n) is 3.57. The average molecular weight is 297 g/mol. The van der Waals surface area contributed by atoms with Crippen LogP contribution in [0, 0.1) is 23.7 Å². The van der Waals surface area contributed by atoms with Crippen molar-refractivity contribution in [2.24, 2.45) is 23.7 Å². The van der Waals surface area contributed by atoms with Crippen LogP contribution in [0.4, 0.5) is 0 Å². The number of carbonyl (C=O) groups is 2. The lowest BCUT2D eigenvalue weighted by Crippen LogP contribution is -2.66. The van der Waals surface area contributed by atoms with Gasteiger partial charge in [-0.15, -0.1) is 0 Å². The van der Waals surface area contributed by atoms with Crippen LogP contribution in [-0.2, 0) is 14.3 Å². The summed E-state index contributed by atoms with van der Waals surface area (Å²) in [5.74, 6) is 0.0664. The van der Waals surface area contributed by atoms with Crippen LogP contribution < -0.4 is 5.32 Å². The van der Waals surface area contributed by atoms with Crippen molar-refractivity contribution in [1.82, 2.24) is 5.32 Å². The molecule has 0 bridgehead atoms. The second kappa shape index (κ2) is 6.34. The molecule has 6 atom stereocenters. The van der Waals surface area contributed by atoms with Crippen molar-refractivity contribution < 1.29 is 19.4 Å². The van der Waals surface area contributed by atoms with E-state index in [1.165, 1.54) is 13.3 Å². The van der Waals surface area contributed by atoms with Crippen molar-refractivity contribution in [2.45, 2.75) is 65.2 Å². The third kappa shape index (κ3) is 3.39. The van der Waals surface area contributed by atoms with Crippen LogP contribution >= 0.6 is 0 Å². The number of hydrogen-bond donors (Lipinski definition) is 2. The molecule has 0 aromatic heterocycles. The first kappa shape index (κ1) is 16.3. The highest BCUT2D eigenvalue weighted by Crippen LogP contribution is 2.36. The fraction of sp³-hybridized carbons (Fsp3) is 0.875. The van der Waals surface area contributed by atoms with E-state index in [4.69, 9.17) is 4.74 Å². The highest BCUT2D eigenvalue weighted by Gasteiger charge is 2.48. The summed E-state index contributed by atoms with van der Waals surface area (Å²) < 4.78 is 5.70. The lowest BCUT2D eigenvalue weighted by atomic mass is 9.75. The van der Waals surface area contributed by atoms with E-state index in [0.717, 1.165) is 12.8 Å². The first-order valence-electron chi connectivity index (χ1n) is 8.00. The molecular weight excluding hydrogens is 270 g/mol. The van der Waals surface area contributed by atoms with Gasteiger partial charge in [-0.25, -0.2) is 4.79 Å². The number of amides is 1. The summed E-state index contributed by atoms with van der Waals surface area (Å²) in [6, 6.07) is -0.692. The molecule has 0 aromatic rings. The number of aliphatic hydroxyl groups is 1. The van der Waals surface area contributed by atoms with Crippen molar-refractivity contribution >= 4 is 11.9 Å². The van der Waals surface area contributed by atoms with Gasteiger partial charge in [-0.3, -0.25) is 4.79 Å². The van der Waals surface area contributed by atoms with Crippen LogP contribution in [0.15, 0.2) is 0 Å². The number of carbonyl (C=O) groups excluding carboxylic acids is 2. The van der Waals surface area contributed by atoms with E-state index < -0.39 is 24.0 Å². The predicted octanol–water partition coefficient (Wildman–Crippen LogP) is 1.49. The van der Waals surface area contributed by atoms with Gasteiger partial charge in [-0.05, 0) is 37.5 Å². The molecule has 1 aliphatic carbocycles. The quantitative estimate of drug-likeness (QED) is 0.609. The molecular formula is C16H27NO4. The lowest BCUT2D eigenvalue weighted by Gasteiger charge is -2.40. The van der Waals surface area contributed by atoms with Crippen LogP contribution in [0.1, 0.15) is 47.0 Å². The number of esters is 1. The molecule has 21 heavy (non-hydrogen) atoms. The third-order valence-electron chi connectivity index (χ3n) is 4.96. The van der Waals surface area contributed by atoms with E-state index in [2.05, 4.69) is 26.1 Å². The Morgan fingerprint density at radius 1 is 1.33 bits per heavy atom. The molecule has 0 radical (unpaired) electrons. The van der Waals surface area contributed by atoms with E-state index >= 15 is 0 Å². The molecule has 2 rings (SSSR count). The van der Waals surface area contributed by atoms with Crippen molar-refractivity contribution in [3.63, 3.8) is 0 Å². The van der Waals surface area contributed by atoms with Gasteiger partial charge in [0.25, 0.3) is 0 Å². The minimum absolute atomic E-state index is 0.0756. The smallest absolute Gasteiger partial charge is 0.329 e. The maximum Gasteiger partial charge on any atom is 0.329 e. The fourth-order valence-corrected chi connectivity index (χ4v) is 3.57. The number of rotatable bonds is 4. The van der Waals surface area contributed by atoms with Crippen molar-refractivity contribution in [3.05, 3.63) is 0 Å². The standard InChI is InChI=1S/C16H27NO4/c1-8(2)11-6-5-9(3)7-12(11)21-16(20)14-13(10(4)18)15(19)17-14/h8-14,18H,5-7H2,1-4H3,(H,17,19). The number of nitrogens with one attached hydrogen (secondary N) is 1. The van der Waals surface area contributed by atoms with Gasteiger partial charge in [-0.2, -0.15) is 0 Å². The van der Waals surface area contributed by atoms with E-state index in [1.807, 2.05) is 0 Å². The molecule has 0 aromatic carbocycles. The van der Waals surface area contributed by atoms with Gasteiger partial charge in [0.05, 0.1) is 12.0 Å². The van der Waals surface area contributed by atoms with Gasteiger partial charge in [0.2, 0.25) is 5.91 Å². The maximum absolute atomic E-state index is 12.3. The lowest BCUT2D eigenvalue weighted by molar-refractivity contribution is -0.170. The Hall–Kier alpha value is -1.10. The zero-order valence-corrected chi connectivity index (χ0v) is 13.3. The Bertz CT molecular complexity index is 407. The molecule has 2 fully saturated rings. The molecule has 6 unspecified atom stereocenters. The van der Waals surface area contributed by atoms with E-state index in [9.17, 15) is 14.7 Å². The summed E-state index contributed by atoms with van der Waals surface area (Å²) in [6.07, 6.45) is 2.23. The summed E-state index contributed by atoms with van der Waals surface area (Å²) in [5.41, 5.74) is 0. The second-order valence-electron chi connectivity index (χ2n) is 7.05. The zero-order chi connectivity index (χ0) is 15.7. The highest BCUT2D eigenvalue weighted by molar-refractivity contribution is 5.97. The molecule has 5 nitrogen and oxygen atoms in total. The number of hydrogen-bond acceptors (Lipinski definition) is 4. The topological polar surface area (TPSA) is 75.6 Å². The van der Waals surface area contributed by atoms with Crippen LogP contribution in [-0.4, -0.2) is 35.2 Å². The molecule has 1 heterocycles. The van der Waals surface area contributed by atoms with E-state index in [0.29, 0.717) is 17.8 Å². The van der Waals surface area contributed by atoms with Crippen LogP contribution in [0.3, 0.4) is 0 Å². The molecule has 1 saturated carbocycles. The Balaban J connectivity index is 1.98. The Kier molecular flexibility index (Phi) is 4.91. The van der Waals surface area contributed by atoms with Crippen LogP contribution in [0.5, 0.6) is 0 Å². The number of β-lactam (4-membered cyclic amide) rings is 1. The largest absolute Gasteiger partial charge is 0.461 e. The summed E-state index contributed by atoms with van der Waals surface area (Å²) in [7, 11) is 0. The van der Waals surface area contributed by atoms with Crippen LogP contribution in [0.2, 0.25) is 0 Å². The molecule has 2 N–H and O–H groups in total. The van der Waals surface area contributed by atoms with Crippen LogP contribution in [0.25, 0.3) is 0 Å². The summed E-state index contributed by atoms with van der Waals surface area (Å²) in [5, 5.41) is 12.1. The van der Waals surface area contributed by atoms with Crippen molar-refractivity contribution in [1.29, 1.82) is 0 Å². The monoisotopic (exact) mass is 297 g/mol. The molecule has 1 aliphatic heterocycles. The number of aliphatic hydroxyl groups excluding tert-OH is 1. The molecule has 5 heteroatoms. The van der Waals surface area contributed by atoms with Gasteiger partial charge < -0.3 is 15.2 Å². The molecule has 1 amide bonds. The van der Waals surface area contributed by atoms with Crippen molar-refractivity contribution in [3.8, 4) is 0 Å². The van der Waals surface area contributed by atoms with Gasteiger partial charge >= 0.3 is 5.97 Å². The van der Waals surface area contributed by atoms with Gasteiger partial charge in [-0.1, -0.05) is 27.2 Å². The first-order valence-corrected chi connectivity index (χ1v) is 8.00. The molecule has 1 saturated heterocycles. The minimum Gasteiger partial charge on any atom is -0.461 e. The SMILES string of the molecule is CC1CCC(C(C)C)C(OC(=O)C2NC(=O)C2C(C)O)C1. The number of ether oxygens (including phenoxy) is 1. The first-order chi connectivity index (χ1) is 9.81. The highest BCUT2D eigenvalue weighted by atomic mass is 16.5. The Morgan fingerprint density at radius 3 is 2.52 bits per heavy atom. The summed E-state index contributed by atoms with van der Waals surface area (Å²) in [4.78, 5) is 23.7. The molecule has 2 aliphatic rings. The molecule has 120 valence electrons. The summed E-state index contributed by atoms with van der Waals surface area (Å²) in [6.45, 7) is 8.03. The zero-order valence-electron chi connectivity index (χ0n) is 13.3. The van der Waals surface area contributed by atoms with E-state index in [1.54, 1.807) is 0 Å². The average Bonchev–Trinajstić information content (AvgIpc) is 2.34. The minimum atomic E-state index is -0.831. The summed E-state index contributed by atoms with van der Waals surface area (Å²) >= 11 is 0. The van der Waals surface area contributed by atoms with Gasteiger partial charge in [0, 0.05) is 0 Å². The Labute approximate surface area is 126 Å². The van der Waals surface area contributed by atoms with Crippen molar-refractivity contribution in [2.75, 3.05) is 0 Å². The van der Waals surface area contributed by atoms with Gasteiger partial charge in [0.15, 0.2) is 0 Å². The Morgan fingerprint density at radius 2 is 2.00 bits per heavy atom. The normalized spacial score (nSPS) is 37.6. The third-order valence-corrected chi connectivity index (χ3v) is 4.96. The maximum atomic E-state index is 12.3. The second-order valence-corrected chi connectivity index (χ2v) is 7.05. The molecule has 0 spiro atoms.